The van der Waals surface area contributed by atoms with E-state index in [4.69, 9.17) is 4.74 Å². The summed E-state index contributed by atoms with van der Waals surface area (Å²) in [5, 5.41) is 11.0. The molecule has 7 heteroatoms. The highest BCUT2D eigenvalue weighted by Gasteiger charge is 2.18. The average Bonchev–Trinajstić information content (AvgIpc) is 2.35. The van der Waals surface area contributed by atoms with Crippen LogP contribution in [0.2, 0.25) is 0 Å². The maximum absolute atomic E-state index is 11.0. The lowest BCUT2D eigenvalue weighted by molar-refractivity contribution is -0.386. The van der Waals surface area contributed by atoms with Gasteiger partial charge in [0.1, 0.15) is 5.75 Å². The third-order valence-corrected chi connectivity index (χ3v) is 3.28. The van der Waals surface area contributed by atoms with Crippen molar-refractivity contribution in [1.29, 1.82) is 0 Å². The molecule has 0 saturated heterocycles. The van der Waals surface area contributed by atoms with Crippen LogP contribution in [-0.4, -0.2) is 9.91 Å². The number of pyridine rings is 1. The van der Waals surface area contributed by atoms with Gasteiger partial charge in [-0.3, -0.25) is 10.1 Å². The van der Waals surface area contributed by atoms with Gasteiger partial charge in [0.2, 0.25) is 0 Å². The Balaban J connectivity index is 2.43. The summed E-state index contributed by atoms with van der Waals surface area (Å²) in [6.45, 7) is 1.85. The molecule has 1 aromatic heterocycles. The third-order valence-electron chi connectivity index (χ3n) is 2.35. The normalized spacial score (nSPS) is 10.3. The van der Waals surface area contributed by atoms with Crippen LogP contribution in [0.25, 0.3) is 0 Å². The summed E-state index contributed by atoms with van der Waals surface area (Å²) < 4.78 is 6.89. The highest BCUT2D eigenvalue weighted by Crippen LogP contribution is 2.33. The Morgan fingerprint density at radius 1 is 1.26 bits per heavy atom. The van der Waals surface area contributed by atoms with Gasteiger partial charge in [0, 0.05) is 21.2 Å². The van der Waals surface area contributed by atoms with Crippen molar-refractivity contribution in [3.8, 4) is 11.6 Å². The molecule has 0 aliphatic rings. The first-order valence-electron chi connectivity index (χ1n) is 5.21. The fourth-order valence-corrected chi connectivity index (χ4v) is 2.07. The van der Waals surface area contributed by atoms with E-state index in [0.29, 0.717) is 10.2 Å². The maximum atomic E-state index is 11.0. The summed E-state index contributed by atoms with van der Waals surface area (Å²) in [7, 11) is 0. The summed E-state index contributed by atoms with van der Waals surface area (Å²) >= 11 is 6.47. The van der Waals surface area contributed by atoms with E-state index >= 15 is 0 Å². The zero-order valence-corrected chi connectivity index (χ0v) is 12.9. The molecule has 0 aliphatic heterocycles. The first-order chi connectivity index (χ1) is 8.97. The van der Waals surface area contributed by atoms with Crippen molar-refractivity contribution in [1.82, 2.24) is 4.98 Å². The molecule has 0 N–H and O–H groups in total. The van der Waals surface area contributed by atoms with E-state index < -0.39 is 4.92 Å². The minimum atomic E-state index is -0.527. The summed E-state index contributed by atoms with van der Waals surface area (Å²) in [4.78, 5) is 14.4. The highest BCUT2D eigenvalue weighted by molar-refractivity contribution is 9.10. The van der Waals surface area contributed by atoms with Crippen LogP contribution in [0.5, 0.6) is 11.6 Å². The first-order valence-corrected chi connectivity index (χ1v) is 6.80. The predicted molar refractivity (Wildman–Crippen MR) is 77.5 cm³/mol. The van der Waals surface area contributed by atoms with Gasteiger partial charge in [0.05, 0.1) is 4.92 Å². The largest absolute Gasteiger partial charge is 0.433 e. The predicted octanol–water partition coefficient (Wildman–Crippen LogP) is 4.62. The van der Waals surface area contributed by atoms with Gasteiger partial charge in [0.25, 0.3) is 5.88 Å². The number of hydrogen-bond acceptors (Lipinski definition) is 4. The lowest BCUT2D eigenvalue weighted by Gasteiger charge is -2.08. The fourth-order valence-electron chi connectivity index (χ4n) is 1.41. The number of aromatic nitrogens is 1. The molecule has 0 amide bonds. The number of hydrogen-bond donors (Lipinski definition) is 0. The molecule has 0 aliphatic carbocycles. The molecule has 0 unspecified atom stereocenters. The zero-order chi connectivity index (χ0) is 14.0. The molecule has 2 aromatic rings. The van der Waals surface area contributed by atoms with Gasteiger partial charge in [0.15, 0.2) is 0 Å². The third kappa shape index (κ3) is 3.30. The summed E-state index contributed by atoms with van der Waals surface area (Å²) in [5.41, 5.74) is 0.677. The van der Waals surface area contributed by atoms with Crippen LogP contribution in [0.3, 0.4) is 0 Å². The molecule has 19 heavy (non-hydrogen) atoms. The molecule has 0 bridgehead atoms. The Bertz CT molecular complexity index is 647. The van der Waals surface area contributed by atoms with Crippen LogP contribution in [0.15, 0.2) is 39.4 Å². The average molecular weight is 388 g/mol. The van der Waals surface area contributed by atoms with Crippen molar-refractivity contribution in [3.05, 3.63) is 55.1 Å². The van der Waals surface area contributed by atoms with Crippen LogP contribution in [0, 0.1) is 17.0 Å². The van der Waals surface area contributed by atoms with E-state index in [1.165, 1.54) is 12.3 Å². The molecule has 1 aromatic carbocycles. The second kappa shape index (κ2) is 5.66. The van der Waals surface area contributed by atoms with Crippen LogP contribution in [0.4, 0.5) is 5.69 Å². The number of halogens is 2. The Morgan fingerprint density at radius 2 is 2.00 bits per heavy atom. The molecule has 5 nitrogen and oxygen atoms in total. The summed E-state index contributed by atoms with van der Waals surface area (Å²) in [6, 6.07) is 6.81. The van der Waals surface area contributed by atoms with Crippen LogP contribution in [0.1, 0.15) is 5.56 Å². The smallest absolute Gasteiger partial charge is 0.332 e. The Morgan fingerprint density at radius 3 is 2.68 bits per heavy atom. The van der Waals surface area contributed by atoms with Gasteiger partial charge >= 0.3 is 5.69 Å². The number of nitrogens with zero attached hydrogens (tertiary/aromatic N) is 2. The quantitative estimate of drug-likeness (QED) is 0.569. The van der Waals surface area contributed by atoms with Crippen molar-refractivity contribution in [2.45, 2.75) is 6.92 Å². The lowest BCUT2D eigenvalue weighted by atomic mass is 10.2. The molecule has 0 fully saturated rings. The highest BCUT2D eigenvalue weighted by atomic mass is 79.9. The second-order valence-corrected chi connectivity index (χ2v) is 5.58. The Hall–Kier alpha value is -1.47. The minimum Gasteiger partial charge on any atom is -0.433 e. The number of ether oxygens (including phenoxy) is 1. The van der Waals surface area contributed by atoms with Crippen LogP contribution in [-0.2, 0) is 0 Å². The summed E-state index contributed by atoms with van der Waals surface area (Å²) in [6.07, 6.45) is 1.45. The molecule has 0 spiro atoms. The number of nitro groups is 1. The van der Waals surface area contributed by atoms with Crippen LogP contribution < -0.4 is 4.74 Å². The van der Waals surface area contributed by atoms with Crippen molar-refractivity contribution < 1.29 is 9.66 Å². The number of benzene rings is 1. The van der Waals surface area contributed by atoms with Gasteiger partial charge in [-0.15, -0.1) is 0 Å². The molecular formula is C12H8Br2N2O3. The molecule has 98 valence electrons. The molecule has 0 radical (unpaired) electrons. The van der Waals surface area contributed by atoms with E-state index in [2.05, 4.69) is 36.8 Å². The lowest BCUT2D eigenvalue weighted by Crippen LogP contribution is -1.97. The fraction of sp³-hybridized carbons (Fsp3) is 0.0833. The topological polar surface area (TPSA) is 65.3 Å². The maximum Gasteiger partial charge on any atom is 0.332 e. The monoisotopic (exact) mass is 386 g/mol. The zero-order valence-electron chi connectivity index (χ0n) is 9.76. The van der Waals surface area contributed by atoms with E-state index in [1.807, 2.05) is 19.1 Å². The van der Waals surface area contributed by atoms with Crippen molar-refractivity contribution in [3.63, 3.8) is 0 Å². The molecule has 1 heterocycles. The molecule has 0 atom stereocenters. The standard InChI is InChI=1S/C12H8Br2N2O3/c1-7-2-3-8(13)5-11(7)19-12-10(16(17)18)4-9(14)6-15-12/h2-6H,1H3. The van der Waals surface area contributed by atoms with Gasteiger partial charge < -0.3 is 4.74 Å². The second-order valence-electron chi connectivity index (χ2n) is 3.75. The SMILES string of the molecule is Cc1ccc(Br)cc1Oc1ncc(Br)cc1[N+](=O)[O-]. The van der Waals surface area contributed by atoms with E-state index in [-0.39, 0.29) is 11.6 Å². The number of rotatable bonds is 3. The molecule has 2 rings (SSSR count). The van der Waals surface area contributed by atoms with Gasteiger partial charge in [-0.2, -0.15) is 0 Å². The van der Waals surface area contributed by atoms with E-state index in [1.54, 1.807) is 6.07 Å². The van der Waals surface area contributed by atoms with Gasteiger partial charge in [-0.05, 0) is 40.5 Å². The summed E-state index contributed by atoms with van der Waals surface area (Å²) in [5.74, 6) is 0.488. The van der Waals surface area contributed by atoms with Crippen molar-refractivity contribution in [2.75, 3.05) is 0 Å². The Kier molecular flexibility index (Phi) is 4.16. The Labute approximate surface area is 126 Å². The van der Waals surface area contributed by atoms with Gasteiger partial charge in [-0.25, -0.2) is 4.98 Å². The van der Waals surface area contributed by atoms with Crippen LogP contribution >= 0.6 is 31.9 Å². The minimum absolute atomic E-state index is 0.0330. The van der Waals surface area contributed by atoms with E-state index in [9.17, 15) is 10.1 Å². The van der Waals surface area contributed by atoms with Gasteiger partial charge in [-0.1, -0.05) is 22.0 Å². The first kappa shape index (κ1) is 14.0. The number of aryl methyl sites for hydroxylation is 1. The molecule has 0 saturated carbocycles. The van der Waals surface area contributed by atoms with E-state index in [0.717, 1.165) is 10.0 Å². The van der Waals surface area contributed by atoms with Crippen molar-refractivity contribution >= 4 is 37.5 Å². The van der Waals surface area contributed by atoms with Crippen molar-refractivity contribution in [2.24, 2.45) is 0 Å². The molecular weight excluding hydrogens is 380 g/mol.